The quantitative estimate of drug-likeness (QED) is 0.462. The van der Waals surface area contributed by atoms with Crippen LogP contribution in [-0.4, -0.2) is 9.46 Å². The molecule has 0 aromatic rings. The van der Waals surface area contributed by atoms with Gasteiger partial charge in [-0.05, 0) is 11.8 Å². The summed E-state index contributed by atoms with van der Waals surface area (Å²) in [4.78, 5) is 0. The Morgan fingerprint density at radius 2 is 2.57 bits per heavy atom. The van der Waals surface area contributed by atoms with Crippen LogP contribution in [0.25, 0.3) is 0 Å². The van der Waals surface area contributed by atoms with Crippen molar-refractivity contribution in [3.63, 3.8) is 0 Å². The van der Waals surface area contributed by atoms with Gasteiger partial charge in [0.2, 0.25) is 0 Å². The van der Waals surface area contributed by atoms with Gasteiger partial charge in [0.25, 0.3) is 0 Å². The van der Waals surface area contributed by atoms with Crippen LogP contribution in [0.3, 0.4) is 0 Å². The molecule has 0 N–H and O–H groups in total. The summed E-state index contributed by atoms with van der Waals surface area (Å²) in [6.07, 6.45) is 2.97. The van der Waals surface area contributed by atoms with Crippen molar-refractivity contribution in [3.8, 4) is 0 Å². The highest BCUT2D eigenvalue weighted by Gasteiger charge is 2.10. The maximum atomic E-state index is 10.6. The third-order valence-corrected chi connectivity index (χ3v) is 2.54. The third kappa shape index (κ3) is 0.911. The van der Waals surface area contributed by atoms with E-state index in [1.807, 2.05) is 13.0 Å². The molecule has 0 aromatic heterocycles. The van der Waals surface area contributed by atoms with Crippen LogP contribution < -0.4 is 0 Å². The molecule has 0 fully saturated rings. The van der Waals surface area contributed by atoms with E-state index >= 15 is 0 Å². The minimum absolute atomic E-state index is 0.375. The first kappa shape index (κ1) is 5.04. The Morgan fingerprint density at radius 1 is 1.86 bits per heavy atom. The monoisotopic (exact) mass is 116 g/mol. The molecule has 0 bridgehead atoms. The molecule has 0 aromatic carbocycles. The van der Waals surface area contributed by atoms with Gasteiger partial charge in [-0.25, -0.2) is 0 Å². The van der Waals surface area contributed by atoms with Crippen LogP contribution in [0, 0.1) is 0 Å². The summed E-state index contributed by atoms with van der Waals surface area (Å²) in [6, 6.07) is 0. The van der Waals surface area contributed by atoms with Crippen molar-refractivity contribution in [3.05, 3.63) is 11.5 Å². The van der Waals surface area contributed by atoms with Gasteiger partial charge >= 0.3 is 0 Å². The molecule has 1 aliphatic rings. The topological polar surface area (TPSA) is 17.1 Å². The molecule has 0 amide bonds. The highest BCUT2D eigenvalue weighted by atomic mass is 32.2. The normalized spacial score (nSPS) is 39.6. The fourth-order valence-corrected chi connectivity index (χ4v) is 1.44. The lowest BCUT2D eigenvalue weighted by Crippen LogP contribution is -1.99. The van der Waals surface area contributed by atoms with Gasteiger partial charge in [-0.1, -0.05) is 13.0 Å². The van der Waals surface area contributed by atoms with E-state index in [2.05, 4.69) is 0 Å². The molecular weight excluding hydrogens is 108 g/mol. The van der Waals surface area contributed by atoms with Crippen LogP contribution in [-0.2, 0) is 10.8 Å². The Kier molecular flexibility index (Phi) is 1.28. The van der Waals surface area contributed by atoms with Gasteiger partial charge in [0.15, 0.2) is 0 Å². The standard InChI is InChI=1S/C5H8OS/c1-5-3-2-4-7(5)6/h2,4-5H,3H2,1H3. The number of hydrogen-bond acceptors (Lipinski definition) is 1. The van der Waals surface area contributed by atoms with Crippen LogP contribution in [0.2, 0.25) is 0 Å². The largest absolute Gasteiger partial charge is 0.255 e. The smallest absolute Gasteiger partial charge is 0.0484 e. The van der Waals surface area contributed by atoms with Crippen molar-refractivity contribution in [2.24, 2.45) is 0 Å². The molecule has 0 saturated carbocycles. The van der Waals surface area contributed by atoms with Gasteiger partial charge in [0.05, 0.1) is 0 Å². The Labute approximate surface area is 45.9 Å². The molecule has 0 spiro atoms. The summed E-state index contributed by atoms with van der Waals surface area (Å²) in [5.74, 6) is 0. The zero-order valence-corrected chi connectivity index (χ0v) is 5.07. The van der Waals surface area contributed by atoms with Crippen molar-refractivity contribution >= 4 is 10.8 Å². The van der Waals surface area contributed by atoms with Gasteiger partial charge in [-0.15, -0.1) is 0 Å². The van der Waals surface area contributed by atoms with Gasteiger partial charge in [0, 0.05) is 16.0 Å². The number of hydrogen-bond donors (Lipinski definition) is 0. The summed E-state index contributed by atoms with van der Waals surface area (Å²) < 4.78 is 10.6. The fraction of sp³-hybridized carbons (Fsp3) is 0.600. The minimum Gasteiger partial charge on any atom is -0.255 e. The predicted molar refractivity (Wildman–Crippen MR) is 31.4 cm³/mol. The molecule has 7 heavy (non-hydrogen) atoms. The SMILES string of the molecule is CC1CC=CS1=O. The van der Waals surface area contributed by atoms with Gasteiger partial charge in [0.1, 0.15) is 0 Å². The molecule has 0 aliphatic carbocycles. The highest BCUT2D eigenvalue weighted by Crippen LogP contribution is 2.10. The second-order valence-corrected chi connectivity index (χ2v) is 3.48. The van der Waals surface area contributed by atoms with E-state index in [0.29, 0.717) is 5.25 Å². The van der Waals surface area contributed by atoms with Crippen LogP contribution in [0.15, 0.2) is 11.5 Å². The lowest BCUT2D eigenvalue weighted by Gasteiger charge is -1.93. The van der Waals surface area contributed by atoms with Crippen LogP contribution in [0.1, 0.15) is 13.3 Å². The average molecular weight is 116 g/mol. The lowest BCUT2D eigenvalue weighted by atomic mass is 10.3. The molecule has 2 atom stereocenters. The minimum atomic E-state index is -0.648. The van der Waals surface area contributed by atoms with Crippen LogP contribution in [0.5, 0.6) is 0 Å². The molecule has 2 heteroatoms. The van der Waals surface area contributed by atoms with Gasteiger partial charge in [-0.2, -0.15) is 0 Å². The zero-order valence-electron chi connectivity index (χ0n) is 4.26. The third-order valence-electron chi connectivity index (χ3n) is 1.09. The first-order valence-electron chi connectivity index (χ1n) is 2.37. The Morgan fingerprint density at radius 3 is 2.71 bits per heavy atom. The molecule has 0 radical (unpaired) electrons. The second-order valence-electron chi connectivity index (χ2n) is 1.75. The molecule has 1 aliphatic heterocycles. The van der Waals surface area contributed by atoms with E-state index in [1.54, 1.807) is 5.41 Å². The summed E-state index contributed by atoms with van der Waals surface area (Å²) in [5, 5.41) is 2.14. The summed E-state index contributed by atoms with van der Waals surface area (Å²) in [5.41, 5.74) is 0. The van der Waals surface area contributed by atoms with Crippen molar-refractivity contribution in [2.45, 2.75) is 18.6 Å². The summed E-state index contributed by atoms with van der Waals surface area (Å²) >= 11 is 0. The van der Waals surface area contributed by atoms with Crippen molar-refractivity contribution in [1.29, 1.82) is 0 Å². The molecule has 1 rings (SSSR count). The lowest BCUT2D eigenvalue weighted by molar-refractivity contribution is 0.682. The maximum absolute atomic E-state index is 10.6. The molecule has 40 valence electrons. The van der Waals surface area contributed by atoms with E-state index in [9.17, 15) is 4.21 Å². The first-order valence-corrected chi connectivity index (χ1v) is 3.64. The van der Waals surface area contributed by atoms with Crippen molar-refractivity contribution < 1.29 is 4.21 Å². The Bertz CT molecular complexity index is 117. The number of allylic oxidation sites excluding steroid dienone is 1. The van der Waals surface area contributed by atoms with Crippen LogP contribution in [0.4, 0.5) is 0 Å². The van der Waals surface area contributed by atoms with E-state index < -0.39 is 10.8 Å². The molecule has 0 saturated heterocycles. The van der Waals surface area contributed by atoms with E-state index in [0.717, 1.165) is 6.42 Å². The Hall–Kier alpha value is -0.110. The van der Waals surface area contributed by atoms with E-state index in [4.69, 9.17) is 0 Å². The van der Waals surface area contributed by atoms with Crippen LogP contribution >= 0.6 is 0 Å². The first-order chi connectivity index (χ1) is 3.30. The predicted octanol–water partition coefficient (Wildman–Crippen LogP) is 1.04. The fourth-order valence-electron chi connectivity index (χ4n) is 0.571. The molecule has 1 heterocycles. The highest BCUT2D eigenvalue weighted by molar-refractivity contribution is 7.88. The maximum Gasteiger partial charge on any atom is 0.0484 e. The van der Waals surface area contributed by atoms with Crippen molar-refractivity contribution in [1.82, 2.24) is 0 Å². The Balaban J connectivity index is 2.62. The van der Waals surface area contributed by atoms with E-state index in [1.165, 1.54) is 0 Å². The van der Waals surface area contributed by atoms with Gasteiger partial charge < -0.3 is 0 Å². The van der Waals surface area contributed by atoms with Crippen molar-refractivity contribution in [2.75, 3.05) is 0 Å². The van der Waals surface area contributed by atoms with E-state index in [-0.39, 0.29) is 0 Å². The average Bonchev–Trinajstić information content (AvgIpc) is 1.91. The second kappa shape index (κ2) is 1.78. The summed E-state index contributed by atoms with van der Waals surface area (Å²) in [7, 11) is -0.648. The zero-order chi connectivity index (χ0) is 5.28. The van der Waals surface area contributed by atoms with Gasteiger partial charge in [-0.3, -0.25) is 4.21 Å². The summed E-state index contributed by atoms with van der Waals surface area (Å²) in [6.45, 7) is 2.00. The number of rotatable bonds is 0. The molecule has 1 nitrogen and oxygen atoms in total. The molecule has 2 unspecified atom stereocenters. The molecular formula is C5H8OS.